The van der Waals surface area contributed by atoms with Gasteiger partial charge in [-0.25, -0.2) is 4.79 Å². The van der Waals surface area contributed by atoms with Crippen molar-refractivity contribution in [1.29, 1.82) is 0 Å². The van der Waals surface area contributed by atoms with E-state index in [4.69, 9.17) is 5.11 Å². The van der Waals surface area contributed by atoms with Gasteiger partial charge in [0.25, 0.3) is 0 Å². The lowest BCUT2D eigenvalue weighted by Gasteiger charge is -2.09. The van der Waals surface area contributed by atoms with Crippen molar-refractivity contribution in [3.63, 3.8) is 0 Å². The Balaban J connectivity index is 2.63. The zero-order valence-electron chi connectivity index (χ0n) is 8.91. The molecule has 4 nitrogen and oxygen atoms in total. The summed E-state index contributed by atoms with van der Waals surface area (Å²) in [6.07, 6.45) is -0.544. The lowest BCUT2D eigenvalue weighted by Crippen LogP contribution is -2.16. The van der Waals surface area contributed by atoms with E-state index in [2.05, 4.69) is 10.1 Å². The predicted molar refractivity (Wildman–Crippen MR) is 58.0 cm³/mol. The minimum absolute atomic E-state index is 0.0106. The molecule has 0 fully saturated rings. The van der Waals surface area contributed by atoms with Gasteiger partial charge in [-0.2, -0.15) is 0 Å². The molecule has 0 spiro atoms. The number of carbonyl (C=O) groups is 1. The molecule has 0 aliphatic carbocycles. The summed E-state index contributed by atoms with van der Waals surface area (Å²) in [7, 11) is 0. The molecule has 0 aromatic heterocycles. The number of rotatable bonds is 3. The summed E-state index contributed by atoms with van der Waals surface area (Å²) in [4.78, 5) is 11.2. The molecular formula is C11H15NO3. The second kappa shape index (κ2) is 5.36. The minimum Gasteiger partial charge on any atom is -0.447 e. The lowest BCUT2D eigenvalue weighted by atomic mass is 10.1. The highest BCUT2D eigenvalue weighted by molar-refractivity contribution is 5.85. The molecule has 4 heteroatoms. The van der Waals surface area contributed by atoms with Crippen LogP contribution in [0.3, 0.4) is 0 Å². The number of amides is 1. The Bertz CT molecular complexity index is 350. The molecular weight excluding hydrogens is 194 g/mol. The normalized spacial score (nSPS) is 9.80. The summed E-state index contributed by atoms with van der Waals surface area (Å²) in [6.45, 7) is 3.70. The summed E-state index contributed by atoms with van der Waals surface area (Å²) >= 11 is 0. The van der Waals surface area contributed by atoms with Crippen LogP contribution >= 0.6 is 0 Å². The highest BCUT2D eigenvalue weighted by atomic mass is 16.6. The first kappa shape index (κ1) is 11.5. The van der Waals surface area contributed by atoms with Crippen LogP contribution in [0.15, 0.2) is 18.2 Å². The van der Waals surface area contributed by atoms with Gasteiger partial charge in [-0.3, -0.25) is 5.32 Å². The second-order valence-electron chi connectivity index (χ2n) is 3.30. The summed E-state index contributed by atoms with van der Waals surface area (Å²) in [5.41, 5.74) is 2.78. The van der Waals surface area contributed by atoms with Gasteiger partial charge in [0.1, 0.15) is 6.61 Å². The number of nitrogens with one attached hydrogen (secondary N) is 1. The van der Waals surface area contributed by atoms with Gasteiger partial charge in [0.05, 0.1) is 6.61 Å². The van der Waals surface area contributed by atoms with Gasteiger partial charge in [0.15, 0.2) is 0 Å². The van der Waals surface area contributed by atoms with Crippen molar-refractivity contribution in [2.24, 2.45) is 0 Å². The molecule has 2 N–H and O–H groups in total. The lowest BCUT2D eigenvalue weighted by molar-refractivity contribution is 0.131. The van der Waals surface area contributed by atoms with Crippen molar-refractivity contribution in [2.75, 3.05) is 18.5 Å². The van der Waals surface area contributed by atoms with Gasteiger partial charge in [-0.15, -0.1) is 0 Å². The van der Waals surface area contributed by atoms with E-state index in [9.17, 15) is 4.79 Å². The largest absolute Gasteiger partial charge is 0.447 e. The van der Waals surface area contributed by atoms with Crippen LogP contribution in [0.25, 0.3) is 0 Å². The maximum absolute atomic E-state index is 11.2. The monoisotopic (exact) mass is 209 g/mol. The van der Waals surface area contributed by atoms with Gasteiger partial charge >= 0.3 is 6.09 Å². The molecule has 0 unspecified atom stereocenters. The summed E-state index contributed by atoms with van der Waals surface area (Å²) in [5.74, 6) is 0. The zero-order valence-corrected chi connectivity index (χ0v) is 8.91. The SMILES string of the molecule is Cc1ccc(C)c(NC(=O)OCCO)c1. The summed E-state index contributed by atoms with van der Waals surface area (Å²) in [5, 5.41) is 11.1. The molecule has 0 heterocycles. The smallest absolute Gasteiger partial charge is 0.411 e. The number of benzene rings is 1. The van der Waals surface area contributed by atoms with Crippen LogP contribution in [0, 0.1) is 13.8 Å². The second-order valence-corrected chi connectivity index (χ2v) is 3.30. The van der Waals surface area contributed by atoms with Crippen molar-refractivity contribution >= 4 is 11.8 Å². The minimum atomic E-state index is -0.544. The molecule has 15 heavy (non-hydrogen) atoms. The summed E-state index contributed by atoms with van der Waals surface area (Å²) < 4.78 is 4.69. The predicted octanol–water partition coefficient (Wildman–Crippen LogP) is 1.84. The van der Waals surface area contributed by atoms with Gasteiger partial charge < -0.3 is 9.84 Å². The number of hydrogen-bond donors (Lipinski definition) is 2. The van der Waals surface area contributed by atoms with Crippen molar-refractivity contribution in [1.82, 2.24) is 0 Å². The van der Waals surface area contributed by atoms with Crippen molar-refractivity contribution < 1.29 is 14.6 Å². The molecule has 1 aromatic carbocycles. The van der Waals surface area contributed by atoms with E-state index in [1.54, 1.807) is 0 Å². The van der Waals surface area contributed by atoms with Gasteiger partial charge in [-0.05, 0) is 31.0 Å². The topological polar surface area (TPSA) is 58.6 Å². The van der Waals surface area contributed by atoms with Crippen LogP contribution in [-0.2, 0) is 4.74 Å². The highest BCUT2D eigenvalue weighted by Crippen LogP contribution is 2.16. The Hall–Kier alpha value is -1.55. The first-order valence-electron chi connectivity index (χ1n) is 4.75. The van der Waals surface area contributed by atoms with E-state index in [1.807, 2.05) is 32.0 Å². The Morgan fingerprint density at radius 1 is 1.47 bits per heavy atom. The number of carbonyl (C=O) groups excluding carboxylic acids is 1. The zero-order chi connectivity index (χ0) is 11.3. The van der Waals surface area contributed by atoms with Crippen molar-refractivity contribution in [3.05, 3.63) is 29.3 Å². The fraction of sp³-hybridized carbons (Fsp3) is 0.364. The molecule has 82 valence electrons. The number of aliphatic hydroxyl groups is 1. The quantitative estimate of drug-likeness (QED) is 0.798. The van der Waals surface area contributed by atoms with E-state index in [-0.39, 0.29) is 13.2 Å². The van der Waals surface area contributed by atoms with E-state index < -0.39 is 6.09 Å². The van der Waals surface area contributed by atoms with Crippen LogP contribution < -0.4 is 5.32 Å². The van der Waals surface area contributed by atoms with E-state index in [0.29, 0.717) is 0 Å². The van der Waals surface area contributed by atoms with Crippen molar-refractivity contribution in [2.45, 2.75) is 13.8 Å². The Morgan fingerprint density at radius 3 is 2.87 bits per heavy atom. The first-order chi connectivity index (χ1) is 7.13. The van der Waals surface area contributed by atoms with Crippen LogP contribution in [0.1, 0.15) is 11.1 Å². The number of aryl methyl sites for hydroxylation is 2. The molecule has 0 aliphatic heterocycles. The highest BCUT2D eigenvalue weighted by Gasteiger charge is 2.04. The number of anilines is 1. The average Bonchev–Trinajstić information content (AvgIpc) is 2.20. The molecule has 0 saturated carbocycles. The van der Waals surface area contributed by atoms with E-state index in [0.717, 1.165) is 16.8 Å². The fourth-order valence-electron chi connectivity index (χ4n) is 1.15. The van der Waals surface area contributed by atoms with Crippen LogP contribution in [-0.4, -0.2) is 24.4 Å². The first-order valence-corrected chi connectivity index (χ1v) is 4.75. The van der Waals surface area contributed by atoms with Crippen LogP contribution in [0.2, 0.25) is 0 Å². The van der Waals surface area contributed by atoms with E-state index >= 15 is 0 Å². The molecule has 0 atom stereocenters. The number of aliphatic hydroxyl groups excluding tert-OH is 1. The maximum Gasteiger partial charge on any atom is 0.411 e. The number of ether oxygens (including phenoxy) is 1. The molecule has 0 aliphatic rings. The third-order valence-corrected chi connectivity index (χ3v) is 1.95. The van der Waals surface area contributed by atoms with Gasteiger partial charge in [0, 0.05) is 5.69 Å². The molecule has 1 rings (SSSR count). The Kier molecular flexibility index (Phi) is 4.12. The van der Waals surface area contributed by atoms with Gasteiger partial charge in [0.2, 0.25) is 0 Å². The average molecular weight is 209 g/mol. The third-order valence-electron chi connectivity index (χ3n) is 1.95. The molecule has 0 radical (unpaired) electrons. The van der Waals surface area contributed by atoms with E-state index in [1.165, 1.54) is 0 Å². The Labute approximate surface area is 88.9 Å². The van der Waals surface area contributed by atoms with Gasteiger partial charge in [-0.1, -0.05) is 12.1 Å². The number of hydrogen-bond acceptors (Lipinski definition) is 3. The molecule has 1 amide bonds. The maximum atomic E-state index is 11.2. The summed E-state index contributed by atoms with van der Waals surface area (Å²) in [6, 6.07) is 5.77. The Morgan fingerprint density at radius 2 is 2.20 bits per heavy atom. The van der Waals surface area contributed by atoms with Crippen LogP contribution in [0.5, 0.6) is 0 Å². The third kappa shape index (κ3) is 3.59. The van der Waals surface area contributed by atoms with Crippen molar-refractivity contribution in [3.8, 4) is 0 Å². The standard InChI is InChI=1S/C11H15NO3/c1-8-3-4-9(2)10(7-8)12-11(14)15-6-5-13/h3-4,7,13H,5-6H2,1-2H3,(H,12,14). The molecule has 0 bridgehead atoms. The van der Waals surface area contributed by atoms with Crippen LogP contribution in [0.4, 0.5) is 10.5 Å². The fourth-order valence-corrected chi connectivity index (χ4v) is 1.15. The molecule has 0 saturated heterocycles. The molecule has 1 aromatic rings.